The average Bonchev–Trinajstić information content (AvgIpc) is 3.15. The molecule has 0 aromatic heterocycles. The lowest BCUT2D eigenvalue weighted by molar-refractivity contribution is -0.279. The molecule has 0 unspecified atom stereocenters. The number of carbonyl (C=O) groups is 2. The van der Waals surface area contributed by atoms with Gasteiger partial charge in [0.1, 0.15) is 12.2 Å². The van der Waals surface area contributed by atoms with Gasteiger partial charge in [-0.2, -0.15) is 13.2 Å². The van der Waals surface area contributed by atoms with Gasteiger partial charge in [-0.15, -0.1) is 0 Å². The summed E-state index contributed by atoms with van der Waals surface area (Å²) in [5.74, 6) is -2.62. The van der Waals surface area contributed by atoms with Gasteiger partial charge in [-0.25, -0.2) is 9.59 Å². The Bertz CT molecular complexity index is 1020. The number of rotatable bonds is 8. The molecule has 0 radical (unpaired) electrons. The number of hydrogen-bond donors (Lipinski definition) is 0. The van der Waals surface area contributed by atoms with Gasteiger partial charge in [0.2, 0.25) is 0 Å². The smallest absolute Gasteiger partial charge is 0.432 e. The van der Waals surface area contributed by atoms with E-state index in [0.29, 0.717) is 5.56 Å². The zero-order valence-electron chi connectivity index (χ0n) is 19.5. The highest BCUT2D eigenvalue weighted by molar-refractivity contribution is 5.83. The molecule has 1 aliphatic heterocycles. The Labute approximate surface area is 201 Å². The maximum absolute atomic E-state index is 14.3. The summed E-state index contributed by atoms with van der Waals surface area (Å²) in [5.41, 5.74) is -3.05. The van der Waals surface area contributed by atoms with Crippen molar-refractivity contribution in [2.75, 3.05) is 14.2 Å². The van der Waals surface area contributed by atoms with Gasteiger partial charge < -0.3 is 18.9 Å². The molecule has 5 atom stereocenters. The number of hydrogen-bond acceptors (Lipinski definition) is 6. The highest BCUT2D eigenvalue weighted by Gasteiger charge is 2.65. The maximum atomic E-state index is 14.3. The standard InChI is InChI=1S/C26H27F3O6/c1-17-20(15-10-16-21(30)32-2)34-23(18-11-6-4-7-12-18)22(17)35-24(31)25(33-3,26(27,28)29)19-13-8-5-9-14-19/h4-14,16-17,20,22-23H,15H2,1-3H3/b16-10+/t17-,20-,22+,23+,25-/m0/s1. The summed E-state index contributed by atoms with van der Waals surface area (Å²) >= 11 is 0. The van der Waals surface area contributed by atoms with Gasteiger partial charge in [-0.1, -0.05) is 73.7 Å². The van der Waals surface area contributed by atoms with Crippen LogP contribution in [0.3, 0.4) is 0 Å². The lowest BCUT2D eigenvalue weighted by atomic mass is 9.91. The van der Waals surface area contributed by atoms with E-state index in [2.05, 4.69) is 4.74 Å². The van der Waals surface area contributed by atoms with E-state index in [-0.39, 0.29) is 12.0 Å². The second kappa shape index (κ2) is 11.0. The molecule has 1 aliphatic rings. The summed E-state index contributed by atoms with van der Waals surface area (Å²) in [7, 11) is 2.07. The first-order valence-corrected chi connectivity index (χ1v) is 11.0. The molecule has 1 heterocycles. The predicted octanol–water partition coefficient (Wildman–Crippen LogP) is 4.90. The van der Waals surface area contributed by atoms with Crippen molar-refractivity contribution in [3.8, 4) is 0 Å². The van der Waals surface area contributed by atoms with Gasteiger partial charge >= 0.3 is 18.1 Å². The van der Waals surface area contributed by atoms with Crippen molar-refractivity contribution in [2.45, 2.75) is 43.4 Å². The number of halogens is 3. The molecule has 0 aliphatic carbocycles. The van der Waals surface area contributed by atoms with Crippen LogP contribution in [0.5, 0.6) is 0 Å². The quantitative estimate of drug-likeness (QED) is 0.386. The van der Waals surface area contributed by atoms with Crippen LogP contribution in [-0.2, 0) is 34.1 Å². The third kappa shape index (κ3) is 5.41. The zero-order chi connectivity index (χ0) is 25.6. The van der Waals surface area contributed by atoms with E-state index in [1.807, 2.05) is 0 Å². The van der Waals surface area contributed by atoms with Gasteiger partial charge in [-0.3, -0.25) is 0 Å². The Morgan fingerprint density at radius 1 is 1.00 bits per heavy atom. The minimum atomic E-state index is -5.09. The highest BCUT2D eigenvalue weighted by atomic mass is 19.4. The normalized spacial score (nSPS) is 24.2. The van der Waals surface area contributed by atoms with E-state index in [1.165, 1.54) is 43.5 Å². The third-order valence-corrected chi connectivity index (χ3v) is 6.09. The Balaban J connectivity index is 1.95. The summed E-state index contributed by atoms with van der Waals surface area (Å²) in [6.45, 7) is 1.72. The molecule has 0 spiro atoms. The van der Waals surface area contributed by atoms with Gasteiger partial charge in [0, 0.05) is 24.7 Å². The summed E-state index contributed by atoms with van der Waals surface area (Å²) in [6.07, 6.45) is -4.42. The van der Waals surface area contributed by atoms with Crippen LogP contribution in [0.4, 0.5) is 13.2 Å². The van der Waals surface area contributed by atoms with Gasteiger partial charge in [0.15, 0.2) is 0 Å². The molecule has 1 saturated heterocycles. The van der Waals surface area contributed by atoms with Crippen molar-refractivity contribution in [2.24, 2.45) is 5.92 Å². The molecule has 6 nitrogen and oxygen atoms in total. The third-order valence-electron chi connectivity index (χ3n) is 6.09. The fourth-order valence-corrected chi connectivity index (χ4v) is 4.19. The average molecular weight is 492 g/mol. The molecule has 3 rings (SSSR count). The Hall–Kier alpha value is -3.17. The molecule has 0 amide bonds. The van der Waals surface area contributed by atoms with E-state index in [4.69, 9.17) is 14.2 Å². The number of ether oxygens (including phenoxy) is 4. The summed E-state index contributed by atoms with van der Waals surface area (Å²) in [6, 6.07) is 15.4. The molecule has 2 aromatic rings. The first-order valence-electron chi connectivity index (χ1n) is 11.0. The van der Waals surface area contributed by atoms with Crippen LogP contribution in [0.2, 0.25) is 0 Å². The SMILES string of the molecule is COC(=O)/C=C/C[C@@H]1O[C@H](c2ccccc2)[C@H](OC(=O)[C@@](OC)(c2ccccc2)C(F)(F)F)[C@H]1C. The molecule has 0 saturated carbocycles. The molecule has 1 fully saturated rings. The van der Waals surface area contributed by atoms with Crippen molar-refractivity contribution in [3.63, 3.8) is 0 Å². The lowest BCUT2D eigenvalue weighted by Crippen LogP contribution is -2.53. The second-order valence-electron chi connectivity index (χ2n) is 8.15. The molecule has 9 heteroatoms. The van der Waals surface area contributed by atoms with Crippen LogP contribution in [0.25, 0.3) is 0 Å². The molecule has 0 bridgehead atoms. The fraction of sp³-hybridized carbons (Fsp3) is 0.385. The van der Waals surface area contributed by atoms with Crippen LogP contribution >= 0.6 is 0 Å². The van der Waals surface area contributed by atoms with Crippen molar-refractivity contribution in [3.05, 3.63) is 83.9 Å². The van der Waals surface area contributed by atoms with Crippen LogP contribution < -0.4 is 0 Å². The van der Waals surface area contributed by atoms with E-state index >= 15 is 0 Å². The Kier molecular flexibility index (Phi) is 8.34. The van der Waals surface area contributed by atoms with E-state index < -0.39 is 47.9 Å². The minimum absolute atomic E-state index is 0.265. The maximum Gasteiger partial charge on any atom is 0.432 e. The summed E-state index contributed by atoms with van der Waals surface area (Å²) in [4.78, 5) is 24.7. The summed E-state index contributed by atoms with van der Waals surface area (Å²) < 4.78 is 64.2. The highest BCUT2D eigenvalue weighted by Crippen LogP contribution is 2.46. The molecular formula is C26H27F3O6. The molecule has 0 N–H and O–H groups in total. The lowest BCUT2D eigenvalue weighted by Gasteiger charge is -2.34. The Morgan fingerprint density at radius 2 is 1.60 bits per heavy atom. The molecule has 35 heavy (non-hydrogen) atoms. The monoisotopic (exact) mass is 492 g/mol. The van der Waals surface area contributed by atoms with Crippen molar-refractivity contribution in [1.82, 2.24) is 0 Å². The first kappa shape index (κ1) is 26.4. The minimum Gasteiger partial charge on any atom is -0.466 e. The van der Waals surface area contributed by atoms with Crippen LogP contribution in [0, 0.1) is 5.92 Å². The number of carbonyl (C=O) groups excluding carboxylic acids is 2. The number of alkyl halides is 3. The molecular weight excluding hydrogens is 465 g/mol. The van der Waals surface area contributed by atoms with Crippen molar-refractivity contribution >= 4 is 11.9 Å². The Morgan fingerprint density at radius 3 is 2.14 bits per heavy atom. The molecule has 188 valence electrons. The zero-order valence-corrected chi connectivity index (χ0v) is 19.5. The number of benzene rings is 2. The topological polar surface area (TPSA) is 71.1 Å². The van der Waals surface area contributed by atoms with Gasteiger partial charge in [0.05, 0.1) is 13.2 Å². The fourth-order valence-electron chi connectivity index (χ4n) is 4.19. The number of esters is 2. The van der Waals surface area contributed by atoms with Crippen LogP contribution in [-0.4, -0.2) is 44.5 Å². The summed E-state index contributed by atoms with van der Waals surface area (Å²) in [5, 5.41) is 0. The van der Waals surface area contributed by atoms with E-state index in [1.54, 1.807) is 43.3 Å². The van der Waals surface area contributed by atoms with Gasteiger partial charge in [-0.05, 0) is 12.0 Å². The first-order chi connectivity index (χ1) is 16.7. The van der Waals surface area contributed by atoms with Crippen LogP contribution in [0.15, 0.2) is 72.8 Å². The van der Waals surface area contributed by atoms with E-state index in [9.17, 15) is 22.8 Å². The second-order valence-corrected chi connectivity index (χ2v) is 8.15. The molecule has 2 aromatic carbocycles. The van der Waals surface area contributed by atoms with Gasteiger partial charge in [0.25, 0.3) is 5.60 Å². The van der Waals surface area contributed by atoms with Crippen LogP contribution in [0.1, 0.15) is 30.6 Å². The largest absolute Gasteiger partial charge is 0.466 e. The predicted molar refractivity (Wildman–Crippen MR) is 120 cm³/mol. The van der Waals surface area contributed by atoms with Crippen molar-refractivity contribution in [1.29, 1.82) is 0 Å². The van der Waals surface area contributed by atoms with E-state index in [0.717, 1.165) is 7.11 Å². The number of methoxy groups -OCH3 is 2. The van der Waals surface area contributed by atoms with Crippen molar-refractivity contribution < 1.29 is 41.7 Å².